The van der Waals surface area contributed by atoms with Crippen LogP contribution in [-0.2, 0) is 0 Å². The van der Waals surface area contributed by atoms with Gasteiger partial charge >= 0.3 is 0 Å². The van der Waals surface area contributed by atoms with E-state index in [1.807, 2.05) is 11.8 Å². The maximum atomic E-state index is 6.24. The second-order valence-corrected chi connectivity index (χ2v) is 6.37. The Labute approximate surface area is 110 Å². The van der Waals surface area contributed by atoms with E-state index in [0.29, 0.717) is 0 Å². The highest BCUT2D eigenvalue weighted by atomic mass is 32.2. The number of hydrogen-bond donors (Lipinski definition) is 1. The molecular formula is C15H25NS. The summed E-state index contributed by atoms with van der Waals surface area (Å²) in [4.78, 5) is 0. The number of thioether (sulfide) groups is 1. The first kappa shape index (κ1) is 14.6. The Kier molecular flexibility index (Phi) is 6.07. The summed E-state index contributed by atoms with van der Waals surface area (Å²) in [5, 5.41) is 0. The topological polar surface area (TPSA) is 26.0 Å². The van der Waals surface area contributed by atoms with Crippen LogP contribution >= 0.6 is 11.8 Å². The number of benzene rings is 1. The van der Waals surface area contributed by atoms with Crippen LogP contribution in [0.2, 0.25) is 0 Å². The highest BCUT2D eigenvalue weighted by Crippen LogP contribution is 2.21. The van der Waals surface area contributed by atoms with Crippen molar-refractivity contribution in [2.45, 2.75) is 40.2 Å². The van der Waals surface area contributed by atoms with Gasteiger partial charge in [0.25, 0.3) is 0 Å². The molecule has 0 saturated heterocycles. The monoisotopic (exact) mass is 251 g/mol. The fourth-order valence-electron chi connectivity index (χ4n) is 1.86. The van der Waals surface area contributed by atoms with E-state index in [4.69, 9.17) is 5.73 Å². The second kappa shape index (κ2) is 7.07. The lowest BCUT2D eigenvalue weighted by molar-refractivity contribution is 0.631. The Bertz CT molecular complexity index is 347. The Morgan fingerprint density at radius 1 is 1.24 bits per heavy atom. The summed E-state index contributed by atoms with van der Waals surface area (Å²) in [5.41, 5.74) is 10.2. The van der Waals surface area contributed by atoms with Crippen molar-refractivity contribution < 1.29 is 0 Å². The van der Waals surface area contributed by atoms with E-state index in [1.165, 1.54) is 28.9 Å². The van der Waals surface area contributed by atoms with E-state index < -0.39 is 0 Å². The smallest absolute Gasteiger partial charge is 0.0389 e. The summed E-state index contributed by atoms with van der Waals surface area (Å²) in [7, 11) is 0. The van der Waals surface area contributed by atoms with Gasteiger partial charge < -0.3 is 5.73 Å². The number of nitrogens with two attached hydrogens (primary N) is 1. The molecule has 1 aromatic carbocycles. The van der Waals surface area contributed by atoms with Gasteiger partial charge in [-0.05, 0) is 43.1 Å². The molecule has 0 heterocycles. The molecule has 0 bridgehead atoms. The standard InChI is InChI=1S/C15H25NS/c1-11(2)7-8-17-10-15(16)14-6-5-12(3)9-13(14)4/h5-6,9,11,15H,7-8,10,16H2,1-4H3. The van der Waals surface area contributed by atoms with Crippen molar-refractivity contribution in [1.82, 2.24) is 0 Å². The molecule has 0 saturated carbocycles. The summed E-state index contributed by atoms with van der Waals surface area (Å²) < 4.78 is 0. The van der Waals surface area contributed by atoms with Crippen LogP contribution < -0.4 is 5.73 Å². The van der Waals surface area contributed by atoms with Crippen LogP contribution in [0.1, 0.15) is 43.0 Å². The van der Waals surface area contributed by atoms with Gasteiger partial charge in [0.1, 0.15) is 0 Å². The van der Waals surface area contributed by atoms with Crippen LogP contribution in [0.5, 0.6) is 0 Å². The maximum Gasteiger partial charge on any atom is 0.0389 e. The van der Waals surface area contributed by atoms with E-state index in [0.717, 1.165) is 11.7 Å². The Hall–Kier alpha value is -0.470. The lowest BCUT2D eigenvalue weighted by atomic mass is 10.0. The van der Waals surface area contributed by atoms with Crippen LogP contribution in [0.4, 0.5) is 0 Å². The molecule has 0 fully saturated rings. The molecule has 1 rings (SSSR count). The molecule has 1 unspecified atom stereocenters. The molecular weight excluding hydrogens is 226 g/mol. The van der Waals surface area contributed by atoms with Crippen molar-refractivity contribution in [2.75, 3.05) is 11.5 Å². The zero-order chi connectivity index (χ0) is 12.8. The van der Waals surface area contributed by atoms with E-state index >= 15 is 0 Å². The minimum Gasteiger partial charge on any atom is -0.323 e. The molecule has 1 aromatic rings. The van der Waals surface area contributed by atoms with Gasteiger partial charge in [0.2, 0.25) is 0 Å². The normalized spacial score (nSPS) is 13.1. The average Bonchev–Trinajstić information content (AvgIpc) is 2.23. The quantitative estimate of drug-likeness (QED) is 0.771. The van der Waals surface area contributed by atoms with Gasteiger partial charge in [-0.2, -0.15) is 11.8 Å². The first-order chi connectivity index (χ1) is 8.00. The van der Waals surface area contributed by atoms with Gasteiger partial charge in [0, 0.05) is 11.8 Å². The first-order valence-electron chi connectivity index (χ1n) is 6.41. The zero-order valence-electron chi connectivity index (χ0n) is 11.5. The third kappa shape index (κ3) is 5.13. The number of aryl methyl sites for hydroxylation is 2. The highest BCUT2D eigenvalue weighted by Gasteiger charge is 2.09. The van der Waals surface area contributed by atoms with Gasteiger partial charge in [-0.3, -0.25) is 0 Å². The lowest BCUT2D eigenvalue weighted by Crippen LogP contribution is -2.14. The van der Waals surface area contributed by atoms with E-state index in [9.17, 15) is 0 Å². The predicted octanol–water partition coefficient (Wildman–Crippen LogP) is 4.08. The Balaban J connectivity index is 2.44. The van der Waals surface area contributed by atoms with Crippen molar-refractivity contribution in [3.63, 3.8) is 0 Å². The SMILES string of the molecule is Cc1ccc(C(N)CSCCC(C)C)c(C)c1. The van der Waals surface area contributed by atoms with Gasteiger partial charge in [0.05, 0.1) is 0 Å². The minimum atomic E-state index is 0.174. The molecule has 0 amide bonds. The van der Waals surface area contributed by atoms with E-state index in [-0.39, 0.29) is 6.04 Å². The average molecular weight is 251 g/mol. The van der Waals surface area contributed by atoms with Crippen LogP contribution in [-0.4, -0.2) is 11.5 Å². The van der Waals surface area contributed by atoms with Crippen molar-refractivity contribution in [3.8, 4) is 0 Å². The molecule has 0 aliphatic heterocycles. The van der Waals surface area contributed by atoms with Gasteiger partial charge in [-0.15, -0.1) is 0 Å². The van der Waals surface area contributed by atoms with Crippen molar-refractivity contribution >= 4 is 11.8 Å². The van der Waals surface area contributed by atoms with Crippen LogP contribution in [0, 0.1) is 19.8 Å². The molecule has 0 aliphatic carbocycles. The van der Waals surface area contributed by atoms with Gasteiger partial charge in [-0.25, -0.2) is 0 Å². The van der Waals surface area contributed by atoms with E-state index in [1.54, 1.807) is 0 Å². The molecule has 0 radical (unpaired) electrons. The van der Waals surface area contributed by atoms with Crippen molar-refractivity contribution in [2.24, 2.45) is 11.7 Å². The molecule has 17 heavy (non-hydrogen) atoms. The Morgan fingerprint density at radius 2 is 1.94 bits per heavy atom. The molecule has 0 aromatic heterocycles. The molecule has 2 N–H and O–H groups in total. The largest absolute Gasteiger partial charge is 0.323 e. The van der Waals surface area contributed by atoms with Crippen molar-refractivity contribution in [1.29, 1.82) is 0 Å². The molecule has 0 spiro atoms. The first-order valence-corrected chi connectivity index (χ1v) is 7.56. The Morgan fingerprint density at radius 3 is 2.53 bits per heavy atom. The zero-order valence-corrected chi connectivity index (χ0v) is 12.3. The summed E-state index contributed by atoms with van der Waals surface area (Å²) in [6.07, 6.45) is 1.28. The van der Waals surface area contributed by atoms with Crippen LogP contribution in [0.25, 0.3) is 0 Å². The summed E-state index contributed by atoms with van der Waals surface area (Å²) in [6.45, 7) is 8.82. The molecule has 0 aliphatic rings. The molecule has 96 valence electrons. The number of rotatable bonds is 6. The van der Waals surface area contributed by atoms with Gasteiger partial charge in [0.15, 0.2) is 0 Å². The third-order valence-electron chi connectivity index (χ3n) is 2.96. The lowest BCUT2D eigenvalue weighted by Gasteiger charge is -2.15. The summed E-state index contributed by atoms with van der Waals surface area (Å²) >= 11 is 1.97. The molecule has 2 heteroatoms. The fraction of sp³-hybridized carbons (Fsp3) is 0.600. The van der Waals surface area contributed by atoms with Crippen LogP contribution in [0.3, 0.4) is 0 Å². The minimum absolute atomic E-state index is 0.174. The predicted molar refractivity (Wildman–Crippen MR) is 79.6 cm³/mol. The highest BCUT2D eigenvalue weighted by molar-refractivity contribution is 7.99. The second-order valence-electron chi connectivity index (χ2n) is 5.22. The van der Waals surface area contributed by atoms with Gasteiger partial charge in [-0.1, -0.05) is 37.6 Å². The number of hydrogen-bond acceptors (Lipinski definition) is 2. The van der Waals surface area contributed by atoms with Crippen molar-refractivity contribution in [3.05, 3.63) is 34.9 Å². The maximum absolute atomic E-state index is 6.24. The summed E-state index contributed by atoms with van der Waals surface area (Å²) in [6, 6.07) is 6.72. The third-order valence-corrected chi connectivity index (χ3v) is 4.08. The molecule has 1 atom stereocenters. The van der Waals surface area contributed by atoms with Crippen LogP contribution in [0.15, 0.2) is 18.2 Å². The van der Waals surface area contributed by atoms with E-state index in [2.05, 4.69) is 45.9 Å². The summed E-state index contributed by atoms with van der Waals surface area (Å²) in [5.74, 6) is 3.03. The molecule has 1 nitrogen and oxygen atoms in total. The fourth-order valence-corrected chi connectivity index (χ4v) is 3.10.